The van der Waals surface area contributed by atoms with E-state index in [-0.39, 0.29) is 11.3 Å². The third kappa shape index (κ3) is 3.30. The van der Waals surface area contributed by atoms with Crippen molar-refractivity contribution in [2.24, 2.45) is 0 Å². The molecule has 0 amide bonds. The van der Waals surface area contributed by atoms with E-state index in [2.05, 4.69) is 0 Å². The molecule has 0 aliphatic carbocycles. The van der Waals surface area contributed by atoms with Crippen molar-refractivity contribution in [1.82, 2.24) is 0 Å². The highest BCUT2D eigenvalue weighted by molar-refractivity contribution is 5.92. The minimum absolute atomic E-state index is 0.0692. The molecule has 2 aromatic carbocycles. The lowest BCUT2D eigenvalue weighted by atomic mass is 10.0. The van der Waals surface area contributed by atoms with Crippen LogP contribution in [0.1, 0.15) is 11.1 Å². The van der Waals surface area contributed by atoms with E-state index in [1.807, 2.05) is 49.3 Å². The van der Waals surface area contributed by atoms with Crippen LogP contribution in [0, 0.1) is 21.4 Å². The number of hydrogen-bond donors (Lipinski definition) is 0. The highest BCUT2D eigenvalue weighted by atomic mass is 16.6. The second kappa shape index (κ2) is 6.55. The van der Waals surface area contributed by atoms with Crippen LogP contribution in [0.15, 0.2) is 48.5 Å². The molecule has 110 valence electrons. The van der Waals surface area contributed by atoms with Crippen molar-refractivity contribution >= 4 is 23.0 Å². The van der Waals surface area contributed by atoms with Gasteiger partial charge < -0.3 is 4.90 Å². The molecule has 5 heteroatoms. The summed E-state index contributed by atoms with van der Waals surface area (Å²) in [7, 11) is 3.89. The summed E-state index contributed by atoms with van der Waals surface area (Å²) in [5.74, 6) is 0. The minimum Gasteiger partial charge on any atom is -0.378 e. The minimum atomic E-state index is -0.477. The van der Waals surface area contributed by atoms with Crippen molar-refractivity contribution in [3.05, 3.63) is 69.8 Å². The van der Waals surface area contributed by atoms with Crippen LogP contribution in [0.2, 0.25) is 0 Å². The van der Waals surface area contributed by atoms with Gasteiger partial charge in [-0.2, -0.15) is 5.26 Å². The van der Waals surface area contributed by atoms with Gasteiger partial charge in [0.2, 0.25) is 0 Å². The molecular weight excluding hydrogens is 278 g/mol. The fourth-order valence-electron chi connectivity index (χ4n) is 2.07. The Hall–Kier alpha value is -3.13. The lowest BCUT2D eigenvalue weighted by molar-refractivity contribution is -0.385. The fraction of sp³-hybridized carbons (Fsp3) is 0.118. The van der Waals surface area contributed by atoms with E-state index in [1.165, 1.54) is 6.07 Å². The highest BCUT2D eigenvalue weighted by Gasteiger charge is 2.15. The number of benzene rings is 2. The van der Waals surface area contributed by atoms with Gasteiger partial charge in [0.05, 0.1) is 16.1 Å². The molecule has 0 aromatic heterocycles. The highest BCUT2D eigenvalue weighted by Crippen LogP contribution is 2.27. The van der Waals surface area contributed by atoms with Crippen molar-refractivity contribution in [3.63, 3.8) is 0 Å². The quantitative estimate of drug-likeness (QED) is 0.373. The van der Waals surface area contributed by atoms with Gasteiger partial charge in [0.15, 0.2) is 0 Å². The van der Waals surface area contributed by atoms with E-state index in [0.29, 0.717) is 5.56 Å². The largest absolute Gasteiger partial charge is 0.378 e. The Morgan fingerprint density at radius 1 is 1.18 bits per heavy atom. The van der Waals surface area contributed by atoms with Gasteiger partial charge >= 0.3 is 0 Å². The van der Waals surface area contributed by atoms with Crippen LogP contribution in [-0.4, -0.2) is 19.0 Å². The number of allylic oxidation sites excluding steroid dienone is 1. The van der Waals surface area contributed by atoms with Crippen LogP contribution in [-0.2, 0) is 0 Å². The smallest absolute Gasteiger partial charge is 0.277 e. The van der Waals surface area contributed by atoms with Gasteiger partial charge in [-0.1, -0.05) is 24.3 Å². The molecular formula is C17H15N3O2. The molecule has 0 unspecified atom stereocenters. The summed E-state index contributed by atoms with van der Waals surface area (Å²) in [5, 5.41) is 20.4. The van der Waals surface area contributed by atoms with Crippen LogP contribution in [0.5, 0.6) is 0 Å². The second-order valence-electron chi connectivity index (χ2n) is 4.93. The molecule has 2 aromatic rings. The average Bonchev–Trinajstić information content (AvgIpc) is 2.53. The monoisotopic (exact) mass is 293 g/mol. The van der Waals surface area contributed by atoms with Crippen molar-refractivity contribution in [2.45, 2.75) is 0 Å². The first-order valence-electron chi connectivity index (χ1n) is 6.66. The SMILES string of the molecule is CN(C)c1ccc(/C=C(\C#N)c2ccccc2[N+](=O)[O-])cc1. The Balaban J connectivity index is 2.44. The van der Waals surface area contributed by atoms with Gasteiger partial charge in [0, 0.05) is 25.8 Å². The lowest BCUT2D eigenvalue weighted by Gasteiger charge is -2.11. The zero-order chi connectivity index (χ0) is 16.1. The summed E-state index contributed by atoms with van der Waals surface area (Å²) >= 11 is 0. The molecule has 0 fully saturated rings. The van der Waals surface area contributed by atoms with Gasteiger partial charge in [-0.25, -0.2) is 0 Å². The molecule has 0 saturated heterocycles. The molecule has 0 atom stereocenters. The van der Waals surface area contributed by atoms with Crippen LogP contribution in [0.25, 0.3) is 11.6 Å². The number of anilines is 1. The molecule has 2 rings (SSSR count). The first-order valence-corrected chi connectivity index (χ1v) is 6.66. The summed E-state index contributed by atoms with van der Waals surface area (Å²) in [5.41, 5.74) is 2.39. The third-order valence-corrected chi connectivity index (χ3v) is 3.23. The predicted octanol–water partition coefficient (Wildman–Crippen LogP) is 3.72. The number of nitro groups is 1. The standard InChI is InChI=1S/C17H15N3O2/c1-19(2)15-9-7-13(8-10-15)11-14(12-18)16-5-3-4-6-17(16)20(21)22/h3-11H,1-2H3/b14-11+. The molecule has 22 heavy (non-hydrogen) atoms. The third-order valence-electron chi connectivity index (χ3n) is 3.23. The van der Waals surface area contributed by atoms with Crippen molar-refractivity contribution in [2.75, 3.05) is 19.0 Å². The maximum Gasteiger partial charge on any atom is 0.277 e. The summed E-state index contributed by atoms with van der Waals surface area (Å²) in [6, 6.07) is 15.9. The summed E-state index contributed by atoms with van der Waals surface area (Å²) < 4.78 is 0. The van der Waals surface area contributed by atoms with Crippen molar-refractivity contribution in [1.29, 1.82) is 5.26 Å². The van der Waals surface area contributed by atoms with E-state index in [1.54, 1.807) is 24.3 Å². The number of hydrogen-bond acceptors (Lipinski definition) is 4. The molecule has 0 aliphatic heterocycles. The van der Waals surface area contributed by atoms with E-state index in [9.17, 15) is 15.4 Å². The first-order chi connectivity index (χ1) is 10.5. The normalized spacial score (nSPS) is 10.9. The Bertz CT molecular complexity index is 756. The maximum absolute atomic E-state index is 11.1. The average molecular weight is 293 g/mol. The topological polar surface area (TPSA) is 70.2 Å². The Labute approximate surface area is 128 Å². The number of nitriles is 1. The van der Waals surface area contributed by atoms with Gasteiger partial charge in [-0.3, -0.25) is 10.1 Å². The van der Waals surface area contributed by atoms with Crippen molar-refractivity contribution < 1.29 is 4.92 Å². The number of para-hydroxylation sites is 1. The van der Waals surface area contributed by atoms with Crippen LogP contribution < -0.4 is 4.90 Å². The molecule has 0 N–H and O–H groups in total. The zero-order valence-electron chi connectivity index (χ0n) is 12.4. The van der Waals surface area contributed by atoms with Gasteiger partial charge in [-0.15, -0.1) is 0 Å². The lowest BCUT2D eigenvalue weighted by Crippen LogP contribution is -2.07. The Morgan fingerprint density at radius 3 is 2.36 bits per heavy atom. The zero-order valence-corrected chi connectivity index (χ0v) is 12.4. The molecule has 0 saturated carbocycles. The van der Waals surface area contributed by atoms with Crippen LogP contribution in [0.4, 0.5) is 11.4 Å². The molecule has 5 nitrogen and oxygen atoms in total. The summed E-state index contributed by atoms with van der Waals surface area (Å²) in [6.45, 7) is 0. The first kappa shape index (κ1) is 15.3. The summed E-state index contributed by atoms with van der Waals surface area (Å²) in [4.78, 5) is 12.6. The predicted molar refractivity (Wildman–Crippen MR) is 87.3 cm³/mol. The Morgan fingerprint density at radius 2 is 1.82 bits per heavy atom. The van der Waals surface area contributed by atoms with Gasteiger partial charge in [0.1, 0.15) is 6.07 Å². The van der Waals surface area contributed by atoms with E-state index >= 15 is 0 Å². The molecule has 0 heterocycles. The molecule has 0 spiro atoms. The van der Waals surface area contributed by atoms with Gasteiger partial charge in [0.25, 0.3) is 5.69 Å². The summed E-state index contributed by atoms with van der Waals surface area (Å²) in [6.07, 6.45) is 1.65. The number of rotatable bonds is 4. The number of nitro benzene ring substituents is 1. The molecule has 0 aliphatic rings. The van der Waals surface area contributed by atoms with E-state index in [0.717, 1.165) is 11.3 Å². The maximum atomic E-state index is 11.1. The molecule has 0 radical (unpaired) electrons. The second-order valence-corrected chi connectivity index (χ2v) is 4.93. The van der Waals surface area contributed by atoms with E-state index < -0.39 is 4.92 Å². The number of nitrogens with zero attached hydrogens (tertiary/aromatic N) is 3. The molecule has 0 bridgehead atoms. The van der Waals surface area contributed by atoms with E-state index in [4.69, 9.17) is 0 Å². The van der Waals surface area contributed by atoms with Crippen LogP contribution >= 0.6 is 0 Å². The van der Waals surface area contributed by atoms with Gasteiger partial charge in [-0.05, 0) is 29.8 Å². The fourth-order valence-corrected chi connectivity index (χ4v) is 2.07. The Kier molecular flexibility index (Phi) is 4.54. The van der Waals surface area contributed by atoms with Crippen molar-refractivity contribution in [3.8, 4) is 6.07 Å². The van der Waals surface area contributed by atoms with Crippen LogP contribution in [0.3, 0.4) is 0 Å².